The van der Waals surface area contributed by atoms with Gasteiger partial charge in [-0.1, -0.05) is 12.1 Å². The minimum atomic E-state index is -0.116. The summed E-state index contributed by atoms with van der Waals surface area (Å²) in [6.07, 6.45) is 3.61. The summed E-state index contributed by atoms with van der Waals surface area (Å²) in [7, 11) is 0. The second-order valence-electron chi connectivity index (χ2n) is 4.52. The lowest BCUT2D eigenvalue weighted by Crippen LogP contribution is -2.05. The highest BCUT2D eigenvalue weighted by atomic mass is 35.5. The van der Waals surface area contributed by atoms with Gasteiger partial charge in [0.05, 0.1) is 16.4 Å². The SMILES string of the molecule is CC(Cl)c1nc2ccccc2n1Cc1ccncc1. The Hall–Kier alpha value is -1.87. The molecule has 1 atom stereocenters. The molecule has 19 heavy (non-hydrogen) atoms. The predicted octanol–water partition coefficient (Wildman–Crippen LogP) is 3.78. The van der Waals surface area contributed by atoms with Crippen LogP contribution < -0.4 is 0 Å². The van der Waals surface area contributed by atoms with Gasteiger partial charge in [-0.3, -0.25) is 4.98 Å². The lowest BCUT2D eigenvalue weighted by atomic mass is 10.2. The Kier molecular flexibility index (Phi) is 3.22. The average molecular weight is 272 g/mol. The van der Waals surface area contributed by atoms with E-state index in [1.807, 2.05) is 37.3 Å². The maximum Gasteiger partial charge on any atom is 0.128 e. The van der Waals surface area contributed by atoms with Gasteiger partial charge in [-0.05, 0) is 36.8 Å². The smallest absolute Gasteiger partial charge is 0.128 e. The van der Waals surface area contributed by atoms with Gasteiger partial charge >= 0.3 is 0 Å². The van der Waals surface area contributed by atoms with Crippen LogP contribution in [0.4, 0.5) is 0 Å². The molecule has 0 saturated heterocycles. The van der Waals surface area contributed by atoms with E-state index in [0.717, 1.165) is 23.4 Å². The molecule has 0 spiro atoms. The number of halogens is 1. The summed E-state index contributed by atoms with van der Waals surface area (Å²) in [4.78, 5) is 8.67. The number of pyridine rings is 1. The molecular weight excluding hydrogens is 258 g/mol. The monoisotopic (exact) mass is 271 g/mol. The first-order valence-electron chi connectivity index (χ1n) is 6.24. The number of rotatable bonds is 3. The molecule has 3 nitrogen and oxygen atoms in total. The number of nitrogens with zero attached hydrogens (tertiary/aromatic N) is 3. The van der Waals surface area contributed by atoms with Crippen molar-refractivity contribution in [2.45, 2.75) is 18.8 Å². The molecule has 2 aromatic heterocycles. The Morgan fingerprint density at radius 2 is 1.89 bits per heavy atom. The van der Waals surface area contributed by atoms with E-state index in [1.165, 1.54) is 5.56 Å². The third-order valence-electron chi connectivity index (χ3n) is 3.13. The summed E-state index contributed by atoms with van der Waals surface area (Å²) in [6.45, 7) is 2.71. The molecule has 1 unspecified atom stereocenters. The molecular formula is C15H14ClN3. The van der Waals surface area contributed by atoms with Gasteiger partial charge in [-0.25, -0.2) is 4.98 Å². The zero-order chi connectivity index (χ0) is 13.2. The minimum absolute atomic E-state index is 0.116. The highest BCUT2D eigenvalue weighted by Crippen LogP contribution is 2.25. The van der Waals surface area contributed by atoms with Crippen molar-refractivity contribution >= 4 is 22.6 Å². The van der Waals surface area contributed by atoms with Crippen LogP contribution >= 0.6 is 11.6 Å². The number of alkyl halides is 1. The van der Waals surface area contributed by atoms with E-state index in [2.05, 4.69) is 20.6 Å². The summed E-state index contributed by atoms with van der Waals surface area (Å²) in [5.74, 6) is 0.902. The second kappa shape index (κ2) is 5.02. The number of aromatic nitrogens is 3. The third kappa shape index (κ3) is 2.34. The van der Waals surface area contributed by atoms with E-state index in [1.54, 1.807) is 12.4 Å². The predicted molar refractivity (Wildman–Crippen MR) is 77.3 cm³/mol. The van der Waals surface area contributed by atoms with E-state index in [9.17, 15) is 0 Å². The molecule has 0 saturated carbocycles. The molecule has 0 amide bonds. The Morgan fingerprint density at radius 3 is 2.63 bits per heavy atom. The van der Waals surface area contributed by atoms with Gasteiger partial charge in [-0.15, -0.1) is 11.6 Å². The van der Waals surface area contributed by atoms with Crippen molar-refractivity contribution in [1.29, 1.82) is 0 Å². The molecule has 0 radical (unpaired) electrons. The molecule has 0 fully saturated rings. The summed E-state index contributed by atoms with van der Waals surface area (Å²) >= 11 is 6.25. The summed E-state index contributed by atoms with van der Waals surface area (Å²) in [5, 5.41) is -0.116. The van der Waals surface area contributed by atoms with Crippen LogP contribution in [0.15, 0.2) is 48.8 Å². The lowest BCUT2D eigenvalue weighted by Gasteiger charge is -2.10. The molecule has 0 bridgehead atoms. The van der Waals surface area contributed by atoms with Crippen LogP contribution in [0.2, 0.25) is 0 Å². The van der Waals surface area contributed by atoms with Crippen molar-refractivity contribution in [2.24, 2.45) is 0 Å². The maximum atomic E-state index is 6.25. The third-order valence-corrected chi connectivity index (χ3v) is 3.33. The van der Waals surface area contributed by atoms with Crippen LogP contribution in [0.1, 0.15) is 23.7 Å². The highest BCUT2D eigenvalue weighted by Gasteiger charge is 2.14. The van der Waals surface area contributed by atoms with E-state index in [0.29, 0.717) is 0 Å². The van der Waals surface area contributed by atoms with E-state index in [-0.39, 0.29) is 5.38 Å². The Morgan fingerprint density at radius 1 is 1.16 bits per heavy atom. The van der Waals surface area contributed by atoms with Crippen LogP contribution in [0.25, 0.3) is 11.0 Å². The number of hydrogen-bond donors (Lipinski definition) is 0. The van der Waals surface area contributed by atoms with Gasteiger partial charge in [0.25, 0.3) is 0 Å². The second-order valence-corrected chi connectivity index (χ2v) is 5.17. The summed E-state index contributed by atoms with van der Waals surface area (Å²) in [6, 6.07) is 12.1. The van der Waals surface area contributed by atoms with Gasteiger partial charge in [0.2, 0.25) is 0 Å². The summed E-state index contributed by atoms with van der Waals surface area (Å²) < 4.78 is 2.17. The average Bonchev–Trinajstić information content (AvgIpc) is 2.79. The quantitative estimate of drug-likeness (QED) is 0.679. The Labute approximate surface area is 116 Å². The van der Waals surface area contributed by atoms with Crippen molar-refractivity contribution in [3.05, 3.63) is 60.2 Å². The number of hydrogen-bond acceptors (Lipinski definition) is 2. The van der Waals surface area contributed by atoms with Crippen molar-refractivity contribution in [3.8, 4) is 0 Å². The van der Waals surface area contributed by atoms with Gasteiger partial charge in [0.15, 0.2) is 0 Å². The normalized spacial score (nSPS) is 12.7. The molecule has 0 aliphatic rings. The van der Waals surface area contributed by atoms with Crippen molar-refractivity contribution < 1.29 is 0 Å². The molecule has 3 rings (SSSR count). The fourth-order valence-corrected chi connectivity index (χ4v) is 2.40. The minimum Gasteiger partial charge on any atom is -0.322 e. The van der Waals surface area contributed by atoms with Crippen LogP contribution in [0.5, 0.6) is 0 Å². The first kappa shape index (κ1) is 12.2. The Balaban J connectivity index is 2.12. The summed E-state index contributed by atoms with van der Waals surface area (Å²) in [5.41, 5.74) is 3.29. The van der Waals surface area contributed by atoms with E-state index in [4.69, 9.17) is 11.6 Å². The molecule has 0 aliphatic heterocycles. The fourth-order valence-electron chi connectivity index (χ4n) is 2.23. The lowest BCUT2D eigenvalue weighted by molar-refractivity contribution is 0.742. The zero-order valence-corrected chi connectivity index (χ0v) is 11.4. The van der Waals surface area contributed by atoms with Gasteiger partial charge in [0, 0.05) is 18.9 Å². The number of fused-ring (bicyclic) bond motifs is 1. The van der Waals surface area contributed by atoms with Crippen LogP contribution in [-0.2, 0) is 6.54 Å². The van der Waals surface area contributed by atoms with Crippen molar-refractivity contribution in [1.82, 2.24) is 14.5 Å². The molecule has 3 aromatic rings. The zero-order valence-electron chi connectivity index (χ0n) is 10.6. The maximum absolute atomic E-state index is 6.25. The molecule has 4 heteroatoms. The van der Waals surface area contributed by atoms with Crippen molar-refractivity contribution in [3.63, 3.8) is 0 Å². The highest BCUT2D eigenvalue weighted by molar-refractivity contribution is 6.20. The van der Waals surface area contributed by atoms with E-state index < -0.39 is 0 Å². The number of para-hydroxylation sites is 2. The van der Waals surface area contributed by atoms with Crippen molar-refractivity contribution in [2.75, 3.05) is 0 Å². The number of benzene rings is 1. The molecule has 0 aliphatic carbocycles. The topological polar surface area (TPSA) is 30.7 Å². The van der Waals surface area contributed by atoms with Gasteiger partial charge < -0.3 is 4.57 Å². The van der Waals surface area contributed by atoms with Gasteiger partial charge in [0.1, 0.15) is 5.82 Å². The molecule has 0 N–H and O–H groups in total. The largest absolute Gasteiger partial charge is 0.322 e. The molecule has 2 heterocycles. The van der Waals surface area contributed by atoms with Crippen LogP contribution in [-0.4, -0.2) is 14.5 Å². The van der Waals surface area contributed by atoms with Crippen LogP contribution in [0, 0.1) is 0 Å². The first-order chi connectivity index (χ1) is 9.25. The molecule has 1 aromatic carbocycles. The number of imidazole rings is 1. The molecule has 96 valence electrons. The van der Waals surface area contributed by atoms with Crippen LogP contribution in [0.3, 0.4) is 0 Å². The first-order valence-corrected chi connectivity index (χ1v) is 6.67. The standard InChI is InChI=1S/C15H14ClN3/c1-11(16)15-18-13-4-2-3-5-14(13)19(15)10-12-6-8-17-9-7-12/h2-9,11H,10H2,1H3. The van der Waals surface area contributed by atoms with Gasteiger partial charge in [-0.2, -0.15) is 0 Å². The fraction of sp³-hybridized carbons (Fsp3) is 0.200. The van der Waals surface area contributed by atoms with E-state index >= 15 is 0 Å². The Bertz CT molecular complexity index is 689.